The Bertz CT molecular complexity index is 1640. The van der Waals surface area contributed by atoms with Gasteiger partial charge in [-0.05, 0) is 85.3 Å². The molecule has 5 N–H and O–H groups in total. The van der Waals surface area contributed by atoms with Crippen LogP contribution in [0.2, 0.25) is 0 Å². The third kappa shape index (κ3) is 12.5. The average Bonchev–Trinajstić information content (AvgIpc) is 3.10. The van der Waals surface area contributed by atoms with Crippen molar-refractivity contribution in [3.63, 3.8) is 0 Å². The minimum atomic E-state index is -0.352. The second-order valence-corrected chi connectivity index (χ2v) is 11.1. The first-order valence-corrected chi connectivity index (χ1v) is 16.0. The number of phenols is 2. The molecular formula is C39H46N2O8. The van der Waals surface area contributed by atoms with Gasteiger partial charge in [0.1, 0.15) is 24.1 Å². The zero-order valence-corrected chi connectivity index (χ0v) is 28.7. The second kappa shape index (κ2) is 20.6. The van der Waals surface area contributed by atoms with Crippen LogP contribution in [0.1, 0.15) is 92.1 Å². The van der Waals surface area contributed by atoms with Gasteiger partial charge in [-0.25, -0.2) is 9.59 Å². The summed E-state index contributed by atoms with van der Waals surface area (Å²) in [7, 11) is 1.74. The molecule has 0 aliphatic heterocycles. The number of unbranched alkanes of at least 4 members (excludes halogenated alkanes) is 2. The van der Waals surface area contributed by atoms with E-state index in [1.54, 1.807) is 73.8 Å². The van der Waals surface area contributed by atoms with Gasteiger partial charge in [0, 0.05) is 18.2 Å². The van der Waals surface area contributed by atoms with E-state index in [9.17, 15) is 29.4 Å². The predicted molar refractivity (Wildman–Crippen MR) is 193 cm³/mol. The number of nitrogen functional groups attached to an aromatic ring is 1. The number of aromatic hydroxyl groups is 2. The lowest BCUT2D eigenvalue weighted by atomic mass is 10.0. The van der Waals surface area contributed by atoms with Crippen molar-refractivity contribution in [2.24, 2.45) is 0 Å². The lowest BCUT2D eigenvalue weighted by molar-refractivity contribution is 0.0489. The molecule has 49 heavy (non-hydrogen) atoms. The van der Waals surface area contributed by atoms with E-state index in [4.69, 9.17) is 15.2 Å². The highest BCUT2D eigenvalue weighted by molar-refractivity contribution is 5.94. The van der Waals surface area contributed by atoms with Gasteiger partial charge in [0.05, 0.1) is 35.7 Å². The number of nitrogens with two attached hydrogens (primary N) is 1. The number of carbonyl (C=O) groups excluding carboxylic acids is 4. The van der Waals surface area contributed by atoms with Crippen molar-refractivity contribution >= 4 is 35.9 Å². The van der Waals surface area contributed by atoms with E-state index in [0.717, 1.165) is 60.5 Å². The third-order valence-corrected chi connectivity index (χ3v) is 7.33. The van der Waals surface area contributed by atoms with Crippen molar-refractivity contribution in [1.82, 2.24) is 0 Å². The zero-order chi connectivity index (χ0) is 36.3. The molecule has 0 atom stereocenters. The monoisotopic (exact) mass is 670 g/mol. The van der Waals surface area contributed by atoms with Crippen molar-refractivity contribution in [3.8, 4) is 22.6 Å². The van der Waals surface area contributed by atoms with Gasteiger partial charge in [0.25, 0.3) is 0 Å². The van der Waals surface area contributed by atoms with Crippen molar-refractivity contribution < 1.29 is 38.9 Å². The van der Waals surface area contributed by atoms with E-state index in [-0.39, 0.29) is 23.4 Å². The highest BCUT2D eigenvalue weighted by Crippen LogP contribution is 2.32. The molecule has 0 radical (unpaired) electrons. The summed E-state index contributed by atoms with van der Waals surface area (Å²) in [6.45, 7) is 8.58. The molecule has 0 aliphatic rings. The summed E-state index contributed by atoms with van der Waals surface area (Å²) >= 11 is 0. The maximum absolute atomic E-state index is 11.7. The van der Waals surface area contributed by atoms with E-state index < -0.39 is 0 Å². The summed E-state index contributed by atoms with van der Waals surface area (Å²) < 4.78 is 10.2. The van der Waals surface area contributed by atoms with E-state index in [0.29, 0.717) is 46.8 Å². The smallest absolute Gasteiger partial charge is 0.338 e. The molecule has 0 saturated carbocycles. The molecule has 0 spiro atoms. The van der Waals surface area contributed by atoms with Gasteiger partial charge in [-0.15, -0.1) is 0 Å². The van der Waals surface area contributed by atoms with Crippen LogP contribution in [0.15, 0.2) is 72.8 Å². The largest absolute Gasteiger partial charge is 0.506 e. The van der Waals surface area contributed by atoms with E-state index in [1.165, 1.54) is 0 Å². The average molecular weight is 671 g/mol. The lowest BCUT2D eigenvalue weighted by Gasteiger charge is -2.08. The number of rotatable bonds is 12. The molecule has 10 nitrogen and oxygen atoms in total. The van der Waals surface area contributed by atoms with E-state index in [1.807, 2.05) is 33.8 Å². The van der Waals surface area contributed by atoms with Crippen molar-refractivity contribution in [2.75, 3.05) is 31.3 Å². The summed E-state index contributed by atoms with van der Waals surface area (Å²) in [6.07, 6.45) is 5.14. The molecule has 0 aromatic heterocycles. The van der Waals surface area contributed by atoms with Crippen LogP contribution >= 0.6 is 0 Å². The van der Waals surface area contributed by atoms with Crippen LogP contribution in [-0.4, -0.2) is 55.0 Å². The summed E-state index contributed by atoms with van der Waals surface area (Å²) in [5, 5.41) is 22.1. The number of nitrogens with one attached hydrogen (secondary N) is 1. The Morgan fingerprint density at radius 2 is 1.14 bits per heavy atom. The number of anilines is 2. The van der Waals surface area contributed by atoms with Crippen LogP contribution in [0.4, 0.5) is 11.4 Å². The van der Waals surface area contributed by atoms with E-state index in [2.05, 4.69) is 5.32 Å². The molecule has 0 unspecified atom stereocenters. The molecule has 0 bridgehead atoms. The molecule has 0 fully saturated rings. The van der Waals surface area contributed by atoms with Gasteiger partial charge in [0.15, 0.2) is 0 Å². The predicted octanol–water partition coefficient (Wildman–Crippen LogP) is 7.92. The number of benzene rings is 4. The Morgan fingerprint density at radius 1 is 0.694 bits per heavy atom. The van der Waals surface area contributed by atoms with Gasteiger partial charge in [-0.2, -0.15) is 0 Å². The molecule has 10 heteroatoms. The van der Waals surface area contributed by atoms with E-state index >= 15 is 0 Å². The molecule has 0 amide bonds. The summed E-state index contributed by atoms with van der Waals surface area (Å²) in [5.74, 6) is -0.495. The fourth-order valence-electron chi connectivity index (χ4n) is 4.29. The summed E-state index contributed by atoms with van der Waals surface area (Å²) in [5.41, 5.74) is 11.7. The van der Waals surface area contributed by atoms with Crippen LogP contribution < -0.4 is 11.1 Å². The van der Waals surface area contributed by atoms with Crippen LogP contribution in [0.5, 0.6) is 11.5 Å². The fraction of sp³-hybridized carbons (Fsp3) is 0.282. The topological polar surface area (TPSA) is 165 Å². The number of aryl methyl sites for hydroxylation is 2. The molecule has 0 aliphatic carbocycles. The van der Waals surface area contributed by atoms with Crippen LogP contribution in [0.3, 0.4) is 0 Å². The first-order valence-electron chi connectivity index (χ1n) is 16.0. The van der Waals surface area contributed by atoms with Crippen LogP contribution in [0, 0.1) is 13.8 Å². The highest BCUT2D eigenvalue weighted by Gasteiger charge is 2.12. The minimum absolute atomic E-state index is 0.0414. The number of carbonyl (C=O) groups is 4. The number of hydrogen-bond donors (Lipinski definition) is 4. The number of hydrogen-bond acceptors (Lipinski definition) is 10. The number of esters is 2. The normalized spacial score (nSPS) is 9.98. The summed E-state index contributed by atoms with van der Waals surface area (Å²) in [4.78, 5) is 44.5. The van der Waals surface area contributed by atoms with Gasteiger partial charge in [-0.3, -0.25) is 9.59 Å². The first-order chi connectivity index (χ1) is 23.5. The van der Waals surface area contributed by atoms with Crippen molar-refractivity contribution in [1.29, 1.82) is 0 Å². The Labute approximate surface area is 287 Å². The van der Waals surface area contributed by atoms with Crippen LogP contribution in [-0.2, 0) is 9.47 Å². The van der Waals surface area contributed by atoms with Gasteiger partial charge >= 0.3 is 11.9 Å². The van der Waals surface area contributed by atoms with Crippen molar-refractivity contribution in [3.05, 3.63) is 106 Å². The second-order valence-electron chi connectivity index (χ2n) is 11.1. The Hall–Kier alpha value is -5.64. The lowest BCUT2D eigenvalue weighted by Crippen LogP contribution is -2.08. The Morgan fingerprint density at radius 3 is 1.53 bits per heavy atom. The highest BCUT2D eigenvalue weighted by atomic mass is 16.5. The molecule has 0 saturated heterocycles. The van der Waals surface area contributed by atoms with Crippen LogP contribution in [0.25, 0.3) is 11.1 Å². The molecule has 4 rings (SSSR count). The fourth-order valence-corrected chi connectivity index (χ4v) is 4.29. The van der Waals surface area contributed by atoms with Crippen molar-refractivity contribution in [2.45, 2.75) is 53.4 Å². The molecule has 0 heterocycles. The SMILES string of the molecule is CCCCOC(=O)c1cc(C=O)ccc1C.CCCCOC(=O)c1cc(C=O)ccc1C.CNc1ccc(-c2ccc(N)c(O)c2)cc1O. The third-order valence-electron chi connectivity index (χ3n) is 7.33. The van der Waals surface area contributed by atoms with Gasteiger partial charge in [-0.1, -0.05) is 63.1 Å². The summed E-state index contributed by atoms with van der Waals surface area (Å²) in [6, 6.07) is 20.3. The molecular weight excluding hydrogens is 624 g/mol. The quantitative estimate of drug-likeness (QED) is 0.0382. The number of ether oxygens (including phenoxy) is 2. The standard InChI is InChI=1S/C13H14N2O2.2C13H16O3/c1-15-11-5-3-9(7-13(11)17)8-2-4-10(14)12(16)6-8;2*1-3-4-7-16-13(15)12-8-11(9-14)6-5-10(12)2/h2-7,15-17H,14H2,1H3;2*5-6,8-9H,3-4,7H2,1-2H3. The first kappa shape index (κ1) is 39.5. The number of aldehydes is 2. The minimum Gasteiger partial charge on any atom is -0.506 e. The maximum Gasteiger partial charge on any atom is 0.338 e. The Kier molecular flexibility index (Phi) is 16.6. The van der Waals surface area contributed by atoms with Gasteiger partial charge < -0.3 is 30.7 Å². The molecule has 260 valence electrons. The Balaban J connectivity index is 0.000000255. The zero-order valence-electron chi connectivity index (χ0n) is 28.7. The molecule has 4 aromatic rings. The van der Waals surface area contributed by atoms with Gasteiger partial charge in [0.2, 0.25) is 0 Å². The molecule has 4 aromatic carbocycles. The maximum atomic E-state index is 11.7. The number of phenolic OH excluding ortho intramolecular Hbond substituents is 2.